The summed E-state index contributed by atoms with van der Waals surface area (Å²) in [6.45, 7) is 6.71. The average Bonchev–Trinajstić information content (AvgIpc) is 2.50. The minimum absolute atomic E-state index is 0.0869. The molecule has 0 aliphatic carbocycles. The first-order valence-corrected chi connectivity index (χ1v) is 5.82. The quantitative estimate of drug-likeness (QED) is 0.744. The van der Waals surface area contributed by atoms with E-state index in [9.17, 15) is 0 Å². The summed E-state index contributed by atoms with van der Waals surface area (Å²) in [4.78, 5) is 6.48. The van der Waals surface area contributed by atoms with Crippen molar-refractivity contribution in [3.05, 3.63) is 10.5 Å². The number of hydrogen-bond acceptors (Lipinski definition) is 4. The van der Waals surface area contributed by atoms with Crippen LogP contribution in [0, 0.1) is 0 Å². The lowest BCUT2D eigenvalue weighted by Gasteiger charge is -2.37. The summed E-state index contributed by atoms with van der Waals surface area (Å²) in [6.07, 6.45) is 0. The van der Waals surface area contributed by atoms with Crippen LogP contribution in [0.25, 0.3) is 0 Å². The molecule has 0 unspecified atom stereocenters. The number of thiazole rings is 1. The standard InChI is InChI=1S/C9H13ClN2OS/c1-9(2)6-12(3-4-13-9)8-11-7(10)5-14-8/h5H,3-4,6H2,1-2H3. The summed E-state index contributed by atoms with van der Waals surface area (Å²) in [5.74, 6) is 0. The van der Waals surface area contributed by atoms with Gasteiger partial charge < -0.3 is 9.64 Å². The molecule has 0 radical (unpaired) electrons. The van der Waals surface area contributed by atoms with Crippen molar-refractivity contribution >= 4 is 28.1 Å². The van der Waals surface area contributed by atoms with E-state index in [2.05, 4.69) is 23.7 Å². The molecule has 3 nitrogen and oxygen atoms in total. The van der Waals surface area contributed by atoms with Crippen LogP contribution in [0.15, 0.2) is 5.38 Å². The van der Waals surface area contributed by atoms with E-state index in [1.165, 1.54) is 0 Å². The zero-order valence-corrected chi connectivity index (χ0v) is 9.86. The summed E-state index contributed by atoms with van der Waals surface area (Å²) in [6, 6.07) is 0. The Hall–Kier alpha value is -0.320. The fourth-order valence-corrected chi connectivity index (χ4v) is 2.55. The fraction of sp³-hybridized carbons (Fsp3) is 0.667. The molecular weight excluding hydrogens is 220 g/mol. The van der Waals surface area contributed by atoms with Gasteiger partial charge in [-0.15, -0.1) is 11.3 Å². The number of halogens is 1. The summed E-state index contributed by atoms with van der Waals surface area (Å²) < 4.78 is 5.63. The van der Waals surface area contributed by atoms with Crippen LogP contribution in [-0.4, -0.2) is 30.3 Å². The van der Waals surface area contributed by atoms with Crippen molar-refractivity contribution in [3.63, 3.8) is 0 Å². The molecule has 1 aliphatic rings. The Balaban J connectivity index is 2.12. The van der Waals surface area contributed by atoms with Gasteiger partial charge in [0.2, 0.25) is 0 Å². The van der Waals surface area contributed by atoms with Crippen molar-refractivity contribution in [2.45, 2.75) is 19.4 Å². The molecule has 0 aromatic carbocycles. The topological polar surface area (TPSA) is 25.4 Å². The first kappa shape index (κ1) is 10.2. The fourth-order valence-electron chi connectivity index (χ4n) is 1.57. The molecule has 14 heavy (non-hydrogen) atoms. The van der Waals surface area contributed by atoms with Crippen LogP contribution >= 0.6 is 22.9 Å². The molecule has 1 fully saturated rings. The number of aromatic nitrogens is 1. The first-order valence-electron chi connectivity index (χ1n) is 4.57. The lowest BCUT2D eigenvalue weighted by molar-refractivity contribution is -0.0277. The second-order valence-corrected chi connectivity index (χ2v) is 5.21. The third kappa shape index (κ3) is 2.19. The van der Waals surface area contributed by atoms with Gasteiger partial charge in [0.25, 0.3) is 0 Å². The second kappa shape index (κ2) is 3.68. The van der Waals surface area contributed by atoms with Gasteiger partial charge in [-0.25, -0.2) is 4.98 Å². The number of ether oxygens (including phenoxy) is 1. The SMILES string of the molecule is CC1(C)CN(c2nc(Cl)cs2)CCO1. The number of morpholine rings is 1. The van der Waals surface area contributed by atoms with Crippen LogP contribution in [0.5, 0.6) is 0 Å². The van der Waals surface area contributed by atoms with Crippen molar-refractivity contribution in [3.8, 4) is 0 Å². The zero-order valence-electron chi connectivity index (χ0n) is 8.29. The molecule has 2 rings (SSSR count). The molecule has 1 aromatic rings. The Morgan fingerprint density at radius 1 is 1.64 bits per heavy atom. The van der Waals surface area contributed by atoms with Gasteiger partial charge in [-0.05, 0) is 13.8 Å². The van der Waals surface area contributed by atoms with E-state index in [1.807, 2.05) is 5.38 Å². The smallest absolute Gasteiger partial charge is 0.186 e. The monoisotopic (exact) mass is 232 g/mol. The molecule has 0 spiro atoms. The van der Waals surface area contributed by atoms with Crippen molar-refractivity contribution in [2.24, 2.45) is 0 Å². The Kier molecular flexibility index (Phi) is 2.68. The van der Waals surface area contributed by atoms with Gasteiger partial charge in [0.15, 0.2) is 5.13 Å². The molecule has 0 bridgehead atoms. The molecule has 1 aromatic heterocycles. The molecular formula is C9H13ClN2OS. The lowest BCUT2D eigenvalue weighted by atomic mass is 10.1. The van der Waals surface area contributed by atoms with Crippen LogP contribution in [0.2, 0.25) is 5.15 Å². The Bertz CT molecular complexity index is 326. The van der Waals surface area contributed by atoms with Gasteiger partial charge in [0.05, 0.1) is 12.2 Å². The van der Waals surface area contributed by atoms with E-state index in [-0.39, 0.29) is 5.60 Å². The highest BCUT2D eigenvalue weighted by molar-refractivity contribution is 7.14. The molecule has 1 saturated heterocycles. The molecule has 0 saturated carbocycles. The molecule has 78 valence electrons. The summed E-state index contributed by atoms with van der Waals surface area (Å²) in [5, 5.41) is 3.43. The molecule has 1 aliphatic heterocycles. The highest BCUT2D eigenvalue weighted by atomic mass is 35.5. The van der Waals surface area contributed by atoms with Crippen LogP contribution in [0.4, 0.5) is 5.13 Å². The van der Waals surface area contributed by atoms with Gasteiger partial charge in [-0.2, -0.15) is 0 Å². The molecule has 0 atom stereocenters. The van der Waals surface area contributed by atoms with Crippen LogP contribution in [0.3, 0.4) is 0 Å². The minimum atomic E-state index is -0.0869. The summed E-state index contributed by atoms with van der Waals surface area (Å²) in [7, 11) is 0. The summed E-state index contributed by atoms with van der Waals surface area (Å²) >= 11 is 7.38. The van der Waals surface area contributed by atoms with Gasteiger partial charge in [0, 0.05) is 18.5 Å². The summed E-state index contributed by atoms with van der Waals surface area (Å²) in [5.41, 5.74) is -0.0869. The maximum absolute atomic E-state index is 5.79. The predicted octanol–water partition coefficient (Wildman–Crippen LogP) is 2.41. The van der Waals surface area contributed by atoms with E-state index in [1.54, 1.807) is 11.3 Å². The maximum atomic E-state index is 5.79. The van der Waals surface area contributed by atoms with Gasteiger partial charge >= 0.3 is 0 Å². The first-order chi connectivity index (χ1) is 6.57. The van der Waals surface area contributed by atoms with Crippen molar-refractivity contribution in [1.82, 2.24) is 4.98 Å². The molecule has 5 heteroatoms. The Morgan fingerprint density at radius 3 is 3.00 bits per heavy atom. The van der Waals surface area contributed by atoms with E-state index < -0.39 is 0 Å². The normalized spacial score (nSPS) is 21.2. The van der Waals surface area contributed by atoms with Crippen LogP contribution in [0.1, 0.15) is 13.8 Å². The average molecular weight is 233 g/mol. The largest absolute Gasteiger partial charge is 0.372 e. The van der Waals surface area contributed by atoms with Gasteiger partial charge in [0.1, 0.15) is 5.15 Å². The Morgan fingerprint density at radius 2 is 2.43 bits per heavy atom. The highest BCUT2D eigenvalue weighted by Crippen LogP contribution is 2.27. The number of hydrogen-bond donors (Lipinski definition) is 0. The zero-order chi connectivity index (χ0) is 10.2. The van der Waals surface area contributed by atoms with Crippen molar-refractivity contribution in [2.75, 3.05) is 24.6 Å². The maximum Gasteiger partial charge on any atom is 0.186 e. The van der Waals surface area contributed by atoms with Crippen LogP contribution < -0.4 is 4.90 Å². The molecule has 0 amide bonds. The third-order valence-corrected chi connectivity index (χ3v) is 3.38. The number of rotatable bonds is 1. The molecule has 0 N–H and O–H groups in total. The third-order valence-electron chi connectivity index (χ3n) is 2.16. The number of nitrogens with zero attached hydrogens (tertiary/aromatic N) is 2. The number of anilines is 1. The van der Waals surface area contributed by atoms with E-state index >= 15 is 0 Å². The minimum Gasteiger partial charge on any atom is -0.372 e. The molecule has 2 heterocycles. The Labute approximate surface area is 92.7 Å². The van der Waals surface area contributed by atoms with Crippen molar-refractivity contribution in [1.29, 1.82) is 0 Å². The predicted molar refractivity (Wildman–Crippen MR) is 59.4 cm³/mol. The van der Waals surface area contributed by atoms with E-state index in [0.29, 0.717) is 5.15 Å². The highest BCUT2D eigenvalue weighted by Gasteiger charge is 2.28. The second-order valence-electron chi connectivity index (χ2n) is 3.98. The van der Waals surface area contributed by atoms with Crippen LogP contribution in [-0.2, 0) is 4.74 Å². The van der Waals surface area contributed by atoms with Crippen molar-refractivity contribution < 1.29 is 4.74 Å². The van der Waals surface area contributed by atoms with E-state index in [4.69, 9.17) is 16.3 Å². The van der Waals surface area contributed by atoms with E-state index in [0.717, 1.165) is 24.8 Å². The lowest BCUT2D eigenvalue weighted by Crippen LogP contribution is -2.48. The van der Waals surface area contributed by atoms with Gasteiger partial charge in [-0.1, -0.05) is 11.6 Å². The van der Waals surface area contributed by atoms with Gasteiger partial charge in [-0.3, -0.25) is 0 Å².